The number of hydrogen-bond acceptors (Lipinski definition) is 4. The minimum absolute atomic E-state index is 0.0101. The zero-order valence-corrected chi connectivity index (χ0v) is 18.9. The zero-order chi connectivity index (χ0) is 22.5. The second-order valence-corrected chi connectivity index (χ2v) is 8.91. The molecule has 1 aromatic heterocycles. The maximum absolute atomic E-state index is 12.7. The summed E-state index contributed by atoms with van der Waals surface area (Å²) >= 11 is 6.07. The molecule has 0 bridgehead atoms. The molecule has 1 aliphatic rings. The van der Waals surface area contributed by atoms with Gasteiger partial charge in [-0.2, -0.15) is 0 Å². The lowest BCUT2D eigenvalue weighted by molar-refractivity contribution is 0.0785. The lowest BCUT2D eigenvalue weighted by Crippen LogP contribution is -2.35. The Bertz CT molecular complexity index is 1040. The van der Waals surface area contributed by atoms with Crippen LogP contribution < -0.4 is 5.32 Å². The quantitative estimate of drug-likeness (QED) is 0.561. The van der Waals surface area contributed by atoms with Crippen LogP contribution in [0.3, 0.4) is 0 Å². The number of aliphatic hydroxyl groups is 1. The highest BCUT2D eigenvalue weighted by molar-refractivity contribution is 6.30. The van der Waals surface area contributed by atoms with Crippen LogP contribution in [0.25, 0.3) is 0 Å². The van der Waals surface area contributed by atoms with Gasteiger partial charge in [-0.05, 0) is 66.3 Å². The molecule has 4 rings (SSSR count). The van der Waals surface area contributed by atoms with Crippen LogP contribution in [0.5, 0.6) is 0 Å². The minimum Gasteiger partial charge on any atom is -0.387 e. The molecule has 0 spiro atoms. The molecule has 1 aliphatic heterocycles. The predicted molar refractivity (Wildman–Crippen MR) is 127 cm³/mol. The number of aromatic nitrogens is 1. The van der Waals surface area contributed by atoms with E-state index >= 15 is 0 Å². The number of benzene rings is 2. The molecule has 1 fully saturated rings. The summed E-state index contributed by atoms with van der Waals surface area (Å²) in [7, 11) is 1.80. The van der Waals surface area contributed by atoms with E-state index in [0.717, 1.165) is 30.4 Å². The Balaban J connectivity index is 1.31. The van der Waals surface area contributed by atoms with Gasteiger partial charge >= 0.3 is 0 Å². The van der Waals surface area contributed by atoms with Gasteiger partial charge in [0.2, 0.25) is 0 Å². The van der Waals surface area contributed by atoms with Crippen molar-refractivity contribution in [1.29, 1.82) is 0 Å². The van der Waals surface area contributed by atoms with Crippen LogP contribution in [0.2, 0.25) is 5.02 Å². The molecular formula is C26H28ClN3O2. The molecular weight excluding hydrogens is 422 g/mol. The van der Waals surface area contributed by atoms with E-state index in [2.05, 4.69) is 10.3 Å². The summed E-state index contributed by atoms with van der Waals surface area (Å²) in [5.74, 6) is -0.0101. The van der Waals surface area contributed by atoms with Crippen LogP contribution in [0, 0.1) is 0 Å². The predicted octanol–water partition coefficient (Wildman–Crippen LogP) is 4.40. The number of nitrogens with one attached hydrogen (secondary N) is 1. The molecule has 2 heterocycles. The fourth-order valence-electron chi connectivity index (χ4n) is 4.31. The van der Waals surface area contributed by atoms with Crippen molar-refractivity contribution in [2.75, 3.05) is 7.05 Å². The molecule has 3 aromatic rings. The minimum atomic E-state index is -0.575. The van der Waals surface area contributed by atoms with E-state index in [1.54, 1.807) is 24.3 Å². The Morgan fingerprint density at radius 1 is 1.16 bits per heavy atom. The summed E-state index contributed by atoms with van der Waals surface area (Å²) in [6, 6.07) is 19.4. The van der Waals surface area contributed by atoms with Crippen LogP contribution in [0.15, 0.2) is 73.1 Å². The summed E-state index contributed by atoms with van der Waals surface area (Å²) in [5, 5.41) is 14.9. The molecule has 0 aliphatic carbocycles. The van der Waals surface area contributed by atoms with Crippen molar-refractivity contribution >= 4 is 17.5 Å². The first-order valence-corrected chi connectivity index (χ1v) is 11.3. The molecule has 0 saturated carbocycles. The van der Waals surface area contributed by atoms with Crippen LogP contribution in [-0.4, -0.2) is 40.0 Å². The molecule has 2 N–H and O–H groups in total. The van der Waals surface area contributed by atoms with Gasteiger partial charge in [0.25, 0.3) is 5.91 Å². The third-order valence-corrected chi connectivity index (χ3v) is 6.25. The summed E-state index contributed by atoms with van der Waals surface area (Å²) in [5.41, 5.74) is 3.69. The third-order valence-electron chi connectivity index (χ3n) is 6.02. The first kappa shape index (κ1) is 22.5. The van der Waals surface area contributed by atoms with Gasteiger partial charge in [0.15, 0.2) is 0 Å². The van der Waals surface area contributed by atoms with E-state index in [1.807, 2.05) is 60.7 Å². The maximum atomic E-state index is 12.7. The maximum Gasteiger partial charge on any atom is 0.253 e. The summed E-state index contributed by atoms with van der Waals surface area (Å²) in [4.78, 5) is 18.5. The Morgan fingerprint density at radius 2 is 1.97 bits per heavy atom. The molecule has 1 saturated heterocycles. The van der Waals surface area contributed by atoms with Gasteiger partial charge in [-0.1, -0.05) is 41.9 Å². The number of nitrogens with zero attached hydrogens (tertiary/aromatic N) is 2. The average Bonchev–Trinajstić information content (AvgIpc) is 3.27. The lowest BCUT2D eigenvalue weighted by Gasteiger charge is -2.21. The molecule has 3 unspecified atom stereocenters. The Hall–Kier alpha value is -2.73. The first-order valence-electron chi connectivity index (χ1n) is 10.9. The van der Waals surface area contributed by atoms with Crippen molar-refractivity contribution in [3.05, 3.63) is 100 Å². The second-order valence-electron chi connectivity index (χ2n) is 8.47. The summed E-state index contributed by atoms with van der Waals surface area (Å²) < 4.78 is 0. The normalized spacial score (nSPS) is 19.0. The van der Waals surface area contributed by atoms with Gasteiger partial charge < -0.3 is 15.3 Å². The monoisotopic (exact) mass is 449 g/mol. The van der Waals surface area contributed by atoms with Crippen molar-refractivity contribution in [2.24, 2.45) is 0 Å². The van der Waals surface area contributed by atoms with Gasteiger partial charge in [-0.3, -0.25) is 9.78 Å². The number of carbonyl (C=O) groups is 1. The van der Waals surface area contributed by atoms with Crippen molar-refractivity contribution in [3.63, 3.8) is 0 Å². The Labute approximate surface area is 194 Å². The number of hydrogen-bond donors (Lipinski definition) is 2. The number of pyridine rings is 1. The second kappa shape index (κ2) is 10.3. The van der Waals surface area contributed by atoms with E-state index in [1.165, 1.54) is 5.56 Å². The Morgan fingerprint density at radius 3 is 2.69 bits per heavy atom. The Kier molecular flexibility index (Phi) is 7.20. The van der Waals surface area contributed by atoms with Gasteiger partial charge in [0, 0.05) is 48.7 Å². The summed E-state index contributed by atoms with van der Waals surface area (Å²) in [6.45, 7) is 0.525. The molecule has 5 nitrogen and oxygen atoms in total. The number of halogens is 1. The lowest BCUT2D eigenvalue weighted by atomic mass is 10.0. The van der Waals surface area contributed by atoms with Crippen LogP contribution >= 0.6 is 11.6 Å². The average molecular weight is 450 g/mol. The topological polar surface area (TPSA) is 65.5 Å². The van der Waals surface area contributed by atoms with Gasteiger partial charge in [0.05, 0.1) is 6.10 Å². The molecule has 32 heavy (non-hydrogen) atoms. The van der Waals surface area contributed by atoms with Crippen LogP contribution in [0.4, 0.5) is 0 Å². The molecule has 0 radical (unpaired) electrons. The third kappa shape index (κ3) is 5.54. The molecule has 3 atom stereocenters. The van der Waals surface area contributed by atoms with Crippen LogP contribution in [0.1, 0.15) is 46.0 Å². The molecule has 1 amide bonds. The largest absolute Gasteiger partial charge is 0.387 e. The van der Waals surface area contributed by atoms with Crippen molar-refractivity contribution < 1.29 is 9.90 Å². The highest BCUT2D eigenvalue weighted by Crippen LogP contribution is 2.28. The standard InChI is InChI=1S/C26H28ClN3O2/c1-30(17-19-4-3-13-28-16-19)26(32)20-9-7-18(8-10-20)14-23-11-12-24(29-23)25(31)21-5-2-6-22(27)15-21/h2-10,13,15-16,23-25,29,31H,11-12,14,17H2,1H3. The van der Waals surface area contributed by atoms with Crippen LogP contribution in [-0.2, 0) is 13.0 Å². The van der Waals surface area contributed by atoms with E-state index in [9.17, 15) is 9.90 Å². The van der Waals surface area contributed by atoms with Gasteiger partial charge in [0.1, 0.15) is 0 Å². The number of rotatable bonds is 7. The van der Waals surface area contributed by atoms with Crippen molar-refractivity contribution in [1.82, 2.24) is 15.2 Å². The van der Waals surface area contributed by atoms with Gasteiger partial charge in [-0.15, -0.1) is 0 Å². The van der Waals surface area contributed by atoms with E-state index in [4.69, 9.17) is 11.6 Å². The SMILES string of the molecule is CN(Cc1cccnc1)C(=O)c1ccc(CC2CCC(C(O)c3cccc(Cl)c3)N2)cc1. The fourth-order valence-corrected chi connectivity index (χ4v) is 4.51. The van der Waals surface area contributed by atoms with Gasteiger partial charge in [-0.25, -0.2) is 0 Å². The summed E-state index contributed by atoms with van der Waals surface area (Å²) in [6.07, 6.45) is 5.69. The molecule has 2 aromatic carbocycles. The smallest absolute Gasteiger partial charge is 0.253 e. The molecule has 6 heteroatoms. The zero-order valence-electron chi connectivity index (χ0n) is 18.1. The first-order chi connectivity index (χ1) is 15.5. The molecule has 166 valence electrons. The van der Waals surface area contributed by atoms with E-state index in [0.29, 0.717) is 23.2 Å². The number of carbonyl (C=O) groups excluding carboxylic acids is 1. The highest BCUT2D eigenvalue weighted by Gasteiger charge is 2.30. The van der Waals surface area contributed by atoms with E-state index in [-0.39, 0.29) is 11.9 Å². The van der Waals surface area contributed by atoms with E-state index < -0.39 is 6.10 Å². The number of aliphatic hydroxyl groups excluding tert-OH is 1. The highest BCUT2D eigenvalue weighted by atomic mass is 35.5. The van der Waals surface area contributed by atoms with Crippen molar-refractivity contribution in [2.45, 2.75) is 44.0 Å². The van der Waals surface area contributed by atoms with Crippen molar-refractivity contribution in [3.8, 4) is 0 Å². The number of amides is 1. The fraction of sp³-hybridized carbons (Fsp3) is 0.308.